The molecule has 0 bridgehead atoms. The number of hydrogen-bond donors (Lipinski definition) is 0. The first-order chi connectivity index (χ1) is 5.70. The van der Waals surface area contributed by atoms with Crippen LogP contribution in [0.5, 0.6) is 0 Å². The summed E-state index contributed by atoms with van der Waals surface area (Å²) >= 11 is 0. The van der Waals surface area contributed by atoms with E-state index in [0.29, 0.717) is 0 Å². The Balaban J connectivity index is 3.72. The molecular formula is C11H17N. The van der Waals surface area contributed by atoms with Crippen molar-refractivity contribution in [3.8, 4) is 6.07 Å². The van der Waals surface area contributed by atoms with Gasteiger partial charge in [-0.1, -0.05) is 24.1 Å². The van der Waals surface area contributed by atoms with Gasteiger partial charge in [-0.05, 0) is 33.1 Å². The summed E-state index contributed by atoms with van der Waals surface area (Å²) in [6.07, 6.45) is 7.05. The molecule has 0 saturated carbocycles. The van der Waals surface area contributed by atoms with Crippen molar-refractivity contribution in [3.05, 3.63) is 23.3 Å². The number of allylic oxidation sites excluding steroid dienone is 4. The van der Waals surface area contributed by atoms with Crippen LogP contribution in [0, 0.1) is 11.3 Å². The lowest BCUT2D eigenvalue weighted by Crippen LogP contribution is -1.77. The van der Waals surface area contributed by atoms with E-state index in [-0.39, 0.29) is 0 Å². The highest BCUT2D eigenvalue weighted by Crippen LogP contribution is 2.07. The van der Waals surface area contributed by atoms with Crippen molar-refractivity contribution in [3.63, 3.8) is 0 Å². The Morgan fingerprint density at radius 2 is 2.00 bits per heavy atom. The summed E-state index contributed by atoms with van der Waals surface area (Å²) in [5.74, 6) is 0. The summed E-state index contributed by atoms with van der Waals surface area (Å²) in [5, 5.41) is 8.35. The number of nitrogens with zero attached hydrogens (tertiary/aromatic N) is 1. The van der Waals surface area contributed by atoms with Gasteiger partial charge < -0.3 is 0 Å². The highest BCUT2D eigenvalue weighted by molar-refractivity contribution is 5.12. The fraction of sp³-hybridized carbons (Fsp3) is 0.545. The van der Waals surface area contributed by atoms with Gasteiger partial charge in [-0.15, -0.1) is 0 Å². The molecule has 0 amide bonds. The van der Waals surface area contributed by atoms with Gasteiger partial charge in [0.1, 0.15) is 0 Å². The first-order valence-electron chi connectivity index (χ1n) is 4.41. The van der Waals surface area contributed by atoms with Gasteiger partial charge in [-0.2, -0.15) is 5.26 Å². The molecule has 12 heavy (non-hydrogen) atoms. The standard InChI is InChI=1S/C11H17N/c1-4-10(2)6-5-7-11(3)8-9-12/h6,8H,4-5,7H2,1-3H3/b10-6-,11-8+. The van der Waals surface area contributed by atoms with Crippen molar-refractivity contribution in [2.24, 2.45) is 0 Å². The molecule has 1 heteroatoms. The van der Waals surface area contributed by atoms with Crippen LogP contribution in [0.1, 0.15) is 40.0 Å². The van der Waals surface area contributed by atoms with E-state index in [2.05, 4.69) is 19.9 Å². The molecule has 0 radical (unpaired) electrons. The molecule has 0 spiro atoms. The maximum atomic E-state index is 8.35. The summed E-state index contributed by atoms with van der Waals surface area (Å²) < 4.78 is 0. The van der Waals surface area contributed by atoms with Crippen LogP contribution in [0.15, 0.2) is 23.3 Å². The van der Waals surface area contributed by atoms with E-state index >= 15 is 0 Å². The molecule has 0 aliphatic heterocycles. The van der Waals surface area contributed by atoms with E-state index in [1.54, 1.807) is 6.08 Å². The van der Waals surface area contributed by atoms with Gasteiger partial charge >= 0.3 is 0 Å². The SMILES string of the molecule is CC/C(C)=C\CC/C(C)=C/C#N. The molecule has 0 aromatic rings. The maximum Gasteiger partial charge on any atom is 0.0911 e. The van der Waals surface area contributed by atoms with Crippen molar-refractivity contribution < 1.29 is 0 Å². The van der Waals surface area contributed by atoms with Crippen molar-refractivity contribution in [1.29, 1.82) is 5.26 Å². The van der Waals surface area contributed by atoms with Crippen LogP contribution >= 0.6 is 0 Å². The van der Waals surface area contributed by atoms with Crippen LogP contribution in [-0.4, -0.2) is 0 Å². The highest BCUT2D eigenvalue weighted by atomic mass is 14.2. The lowest BCUT2D eigenvalue weighted by atomic mass is 10.1. The average molecular weight is 163 g/mol. The minimum Gasteiger partial charge on any atom is -0.193 e. The Bertz CT molecular complexity index is 216. The van der Waals surface area contributed by atoms with Gasteiger partial charge in [-0.3, -0.25) is 0 Å². The summed E-state index contributed by atoms with van der Waals surface area (Å²) in [5.41, 5.74) is 2.59. The van der Waals surface area contributed by atoms with Crippen LogP contribution in [0.25, 0.3) is 0 Å². The molecule has 0 rings (SSSR count). The van der Waals surface area contributed by atoms with Gasteiger partial charge in [-0.25, -0.2) is 0 Å². The molecule has 0 unspecified atom stereocenters. The summed E-state index contributed by atoms with van der Waals surface area (Å²) in [6, 6.07) is 2.04. The fourth-order valence-corrected chi connectivity index (χ4v) is 0.873. The quantitative estimate of drug-likeness (QED) is 0.459. The average Bonchev–Trinajstić information content (AvgIpc) is 2.04. The fourth-order valence-electron chi connectivity index (χ4n) is 0.873. The molecule has 0 aromatic heterocycles. The van der Waals surface area contributed by atoms with Crippen molar-refractivity contribution in [1.82, 2.24) is 0 Å². The van der Waals surface area contributed by atoms with E-state index in [9.17, 15) is 0 Å². The zero-order valence-corrected chi connectivity index (χ0v) is 8.22. The van der Waals surface area contributed by atoms with E-state index in [4.69, 9.17) is 5.26 Å². The summed E-state index contributed by atoms with van der Waals surface area (Å²) in [4.78, 5) is 0. The first-order valence-corrected chi connectivity index (χ1v) is 4.41. The van der Waals surface area contributed by atoms with Gasteiger partial charge in [0.2, 0.25) is 0 Å². The van der Waals surface area contributed by atoms with Crippen LogP contribution < -0.4 is 0 Å². The van der Waals surface area contributed by atoms with E-state index in [1.165, 1.54) is 5.57 Å². The molecule has 66 valence electrons. The predicted molar refractivity (Wildman–Crippen MR) is 52.7 cm³/mol. The first kappa shape index (κ1) is 11.0. The Morgan fingerprint density at radius 3 is 2.50 bits per heavy atom. The van der Waals surface area contributed by atoms with Crippen molar-refractivity contribution in [2.75, 3.05) is 0 Å². The third kappa shape index (κ3) is 5.73. The summed E-state index contributed by atoms with van der Waals surface area (Å²) in [6.45, 7) is 6.30. The molecule has 0 N–H and O–H groups in total. The van der Waals surface area contributed by atoms with Crippen LogP contribution in [0.2, 0.25) is 0 Å². The largest absolute Gasteiger partial charge is 0.193 e. The Kier molecular flexibility index (Phi) is 6.09. The van der Waals surface area contributed by atoms with E-state index < -0.39 is 0 Å². The second-order valence-corrected chi connectivity index (χ2v) is 3.06. The van der Waals surface area contributed by atoms with Gasteiger partial charge in [0.15, 0.2) is 0 Å². The molecule has 0 atom stereocenters. The third-order valence-electron chi connectivity index (χ3n) is 1.90. The maximum absolute atomic E-state index is 8.35. The lowest BCUT2D eigenvalue weighted by molar-refractivity contribution is 0.951. The second-order valence-electron chi connectivity index (χ2n) is 3.06. The van der Waals surface area contributed by atoms with Gasteiger partial charge in [0.25, 0.3) is 0 Å². The topological polar surface area (TPSA) is 23.8 Å². The van der Waals surface area contributed by atoms with Gasteiger partial charge in [0.05, 0.1) is 6.07 Å². The van der Waals surface area contributed by atoms with Crippen LogP contribution in [-0.2, 0) is 0 Å². The smallest absolute Gasteiger partial charge is 0.0911 e. The van der Waals surface area contributed by atoms with Crippen molar-refractivity contribution >= 4 is 0 Å². The number of rotatable bonds is 4. The number of nitriles is 1. The zero-order chi connectivity index (χ0) is 9.40. The Morgan fingerprint density at radius 1 is 1.33 bits per heavy atom. The molecular weight excluding hydrogens is 146 g/mol. The van der Waals surface area contributed by atoms with E-state index in [1.807, 2.05) is 13.0 Å². The molecule has 1 nitrogen and oxygen atoms in total. The van der Waals surface area contributed by atoms with Crippen molar-refractivity contribution in [2.45, 2.75) is 40.0 Å². The normalized spacial score (nSPS) is 12.8. The minimum atomic E-state index is 1.00. The molecule has 0 saturated heterocycles. The second kappa shape index (κ2) is 6.67. The Labute approximate surface area is 75.4 Å². The van der Waals surface area contributed by atoms with Gasteiger partial charge in [0, 0.05) is 6.08 Å². The zero-order valence-electron chi connectivity index (χ0n) is 8.22. The van der Waals surface area contributed by atoms with Crippen LogP contribution in [0.3, 0.4) is 0 Å². The minimum absolute atomic E-state index is 1.00. The molecule has 0 heterocycles. The molecule has 0 fully saturated rings. The third-order valence-corrected chi connectivity index (χ3v) is 1.90. The Hall–Kier alpha value is -1.03. The molecule has 0 aromatic carbocycles. The lowest BCUT2D eigenvalue weighted by Gasteiger charge is -1.96. The van der Waals surface area contributed by atoms with Crippen LogP contribution in [0.4, 0.5) is 0 Å². The monoisotopic (exact) mass is 163 g/mol. The predicted octanol–water partition coefficient (Wildman–Crippen LogP) is 3.59. The summed E-state index contributed by atoms with van der Waals surface area (Å²) in [7, 11) is 0. The highest BCUT2D eigenvalue weighted by Gasteiger charge is 1.88. The van der Waals surface area contributed by atoms with E-state index in [0.717, 1.165) is 24.8 Å². The molecule has 0 aliphatic carbocycles. The number of hydrogen-bond acceptors (Lipinski definition) is 1. The molecule has 0 aliphatic rings.